The summed E-state index contributed by atoms with van der Waals surface area (Å²) >= 11 is 0. The second-order valence-corrected chi connectivity index (χ2v) is 9.25. The molecule has 0 heterocycles. The number of carbonyl (C=O) groups is 3. The largest absolute Gasteiger partial charge is 0.480 e. The third-order valence-corrected chi connectivity index (χ3v) is 6.96. The maximum atomic E-state index is 12.4. The Morgan fingerprint density at radius 2 is 1.60 bits per heavy atom. The number of carboxylic acids is 1. The number of amides is 2. The lowest BCUT2D eigenvalue weighted by molar-refractivity contribution is -0.148. The van der Waals surface area contributed by atoms with Crippen molar-refractivity contribution >= 4 is 18.0 Å². The smallest absolute Gasteiger partial charge is 0.407 e. The summed E-state index contributed by atoms with van der Waals surface area (Å²) < 4.78 is 5.59. The molecule has 7 nitrogen and oxygen atoms in total. The van der Waals surface area contributed by atoms with E-state index < -0.39 is 18.1 Å². The molecular formula is C28H36N2O5. The number of fused-ring (bicyclic) bond motifs is 3. The number of hydrogen-bond donors (Lipinski definition) is 2. The molecule has 2 amide bonds. The maximum Gasteiger partial charge on any atom is 0.407 e. The molecule has 2 unspecified atom stereocenters. The van der Waals surface area contributed by atoms with Gasteiger partial charge >= 0.3 is 12.1 Å². The van der Waals surface area contributed by atoms with Gasteiger partial charge in [0.05, 0.1) is 0 Å². The average molecular weight is 481 g/mol. The molecule has 0 bridgehead atoms. The highest BCUT2D eigenvalue weighted by Crippen LogP contribution is 2.44. The van der Waals surface area contributed by atoms with E-state index in [4.69, 9.17) is 9.84 Å². The van der Waals surface area contributed by atoms with Crippen LogP contribution < -0.4 is 5.32 Å². The summed E-state index contributed by atoms with van der Waals surface area (Å²) in [4.78, 5) is 37.1. The highest BCUT2D eigenvalue weighted by molar-refractivity contribution is 5.83. The number of aliphatic carboxylic acids is 1. The van der Waals surface area contributed by atoms with E-state index in [0.717, 1.165) is 19.3 Å². The first kappa shape index (κ1) is 26.3. The summed E-state index contributed by atoms with van der Waals surface area (Å²) in [7, 11) is 1.52. The van der Waals surface area contributed by atoms with Gasteiger partial charge in [0.1, 0.15) is 12.6 Å². The van der Waals surface area contributed by atoms with E-state index in [1.54, 1.807) is 0 Å². The number of nitrogens with zero attached hydrogens (tertiary/aromatic N) is 1. The van der Waals surface area contributed by atoms with Crippen LogP contribution in [0.4, 0.5) is 4.79 Å². The van der Waals surface area contributed by atoms with Crippen LogP contribution in [0.15, 0.2) is 48.5 Å². The lowest BCUT2D eigenvalue weighted by Crippen LogP contribution is -2.40. The summed E-state index contributed by atoms with van der Waals surface area (Å²) in [5.74, 6) is -0.896. The Balaban J connectivity index is 1.45. The summed E-state index contributed by atoms with van der Waals surface area (Å²) in [6.45, 7) is 4.34. The minimum absolute atomic E-state index is 0.0252. The molecular weight excluding hydrogens is 444 g/mol. The van der Waals surface area contributed by atoms with Gasteiger partial charge in [0.25, 0.3) is 0 Å². The minimum Gasteiger partial charge on any atom is -0.480 e. The van der Waals surface area contributed by atoms with Gasteiger partial charge in [-0.25, -0.2) is 9.59 Å². The third kappa shape index (κ3) is 6.62. The molecule has 35 heavy (non-hydrogen) atoms. The summed E-state index contributed by atoms with van der Waals surface area (Å²) in [5.41, 5.74) is 4.74. The number of benzene rings is 2. The fourth-order valence-corrected chi connectivity index (χ4v) is 4.75. The topological polar surface area (TPSA) is 95.9 Å². The molecule has 7 heteroatoms. The van der Waals surface area contributed by atoms with Crippen LogP contribution in [-0.4, -0.2) is 54.2 Å². The van der Waals surface area contributed by atoms with Crippen molar-refractivity contribution in [2.75, 3.05) is 20.2 Å². The number of hydrogen-bond acceptors (Lipinski definition) is 4. The molecule has 2 atom stereocenters. The predicted octanol–water partition coefficient (Wildman–Crippen LogP) is 5.04. The number of rotatable bonds is 12. The normalized spacial score (nSPS) is 13.9. The summed E-state index contributed by atoms with van der Waals surface area (Å²) in [6.07, 6.45) is 3.18. The molecule has 188 valence electrons. The van der Waals surface area contributed by atoms with Crippen molar-refractivity contribution < 1.29 is 24.2 Å². The van der Waals surface area contributed by atoms with Crippen molar-refractivity contribution in [3.63, 3.8) is 0 Å². The van der Waals surface area contributed by atoms with E-state index >= 15 is 0 Å². The Hall–Kier alpha value is -3.35. The molecule has 0 saturated carbocycles. The lowest BCUT2D eigenvalue weighted by Gasteiger charge is -2.23. The molecule has 0 aromatic heterocycles. The van der Waals surface area contributed by atoms with Crippen LogP contribution in [0.25, 0.3) is 11.1 Å². The van der Waals surface area contributed by atoms with E-state index in [2.05, 4.69) is 36.5 Å². The van der Waals surface area contributed by atoms with Crippen LogP contribution >= 0.6 is 0 Å². The van der Waals surface area contributed by atoms with Crippen molar-refractivity contribution in [3.8, 4) is 11.1 Å². The number of alkyl carbamates (subject to hydrolysis) is 1. The molecule has 0 aliphatic heterocycles. The summed E-state index contributed by atoms with van der Waals surface area (Å²) in [6, 6.07) is 15.6. The van der Waals surface area contributed by atoms with Crippen molar-refractivity contribution in [1.82, 2.24) is 10.2 Å². The van der Waals surface area contributed by atoms with Crippen molar-refractivity contribution in [1.29, 1.82) is 0 Å². The third-order valence-electron chi connectivity index (χ3n) is 6.96. The average Bonchev–Trinajstić information content (AvgIpc) is 3.18. The fraction of sp³-hybridized carbons (Fsp3) is 0.464. The van der Waals surface area contributed by atoms with Crippen molar-refractivity contribution in [2.24, 2.45) is 5.92 Å². The van der Waals surface area contributed by atoms with Crippen LogP contribution in [0, 0.1) is 5.92 Å². The Morgan fingerprint density at radius 1 is 1.00 bits per heavy atom. The van der Waals surface area contributed by atoms with Gasteiger partial charge in [-0.05, 0) is 47.9 Å². The zero-order chi connectivity index (χ0) is 25.4. The van der Waals surface area contributed by atoms with Crippen LogP contribution in [0.2, 0.25) is 0 Å². The second-order valence-electron chi connectivity index (χ2n) is 9.25. The van der Waals surface area contributed by atoms with Crippen LogP contribution in [-0.2, 0) is 14.3 Å². The molecule has 1 aliphatic carbocycles. The molecule has 0 radical (unpaired) electrons. The van der Waals surface area contributed by atoms with Crippen LogP contribution in [0.5, 0.6) is 0 Å². The number of nitrogens with one attached hydrogen (secondary N) is 1. The van der Waals surface area contributed by atoms with Gasteiger partial charge in [0.2, 0.25) is 5.91 Å². The van der Waals surface area contributed by atoms with E-state index in [1.807, 2.05) is 24.3 Å². The standard InChI is InChI=1S/C28H36N2O5/c1-4-9-20(14-15-26(31)30(3)19(2)27(32)33)16-17-29-28(34)35-18-25-23-12-7-5-10-21(23)22-11-6-8-13-24(22)25/h5-8,10-13,19-20,25H,4,9,14-18H2,1-3H3,(H,29,34)(H,32,33). The Kier molecular flexibility index (Phi) is 9.29. The van der Waals surface area contributed by atoms with Gasteiger partial charge in [0, 0.05) is 25.9 Å². The first-order chi connectivity index (χ1) is 16.8. The first-order valence-electron chi connectivity index (χ1n) is 12.4. The van der Waals surface area contributed by atoms with Crippen molar-refractivity contribution in [3.05, 3.63) is 59.7 Å². The predicted molar refractivity (Wildman–Crippen MR) is 135 cm³/mol. The molecule has 0 fully saturated rings. The first-order valence-corrected chi connectivity index (χ1v) is 12.4. The molecule has 1 aliphatic rings. The van der Waals surface area contributed by atoms with Crippen molar-refractivity contribution in [2.45, 2.75) is 57.9 Å². The molecule has 2 aromatic rings. The van der Waals surface area contributed by atoms with Gasteiger partial charge in [-0.1, -0.05) is 68.3 Å². The van der Waals surface area contributed by atoms with Gasteiger partial charge in [0.15, 0.2) is 0 Å². The van der Waals surface area contributed by atoms with Gasteiger partial charge < -0.3 is 20.1 Å². The Morgan fingerprint density at radius 3 is 2.17 bits per heavy atom. The monoisotopic (exact) mass is 480 g/mol. The van der Waals surface area contributed by atoms with E-state index in [1.165, 1.54) is 41.1 Å². The van der Waals surface area contributed by atoms with E-state index in [9.17, 15) is 14.4 Å². The lowest BCUT2D eigenvalue weighted by atomic mass is 9.94. The van der Waals surface area contributed by atoms with Crippen LogP contribution in [0.1, 0.15) is 63.0 Å². The van der Waals surface area contributed by atoms with E-state index in [-0.39, 0.29) is 24.3 Å². The second kappa shape index (κ2) is 12.4. The zero-order valence-electron chi connectivity index (χ0n) is 20.8. The number of likely N-dealkylation sites (N-methyl/N-ethyl adjacent to an activating group) is 1. The SMILES string of the molecule is CCCC(CCNC(=O)OCC1c2ccccc2-c2ccccc21)CCC(=O)N(C)C(C)C(=O)O. The molecule has 3 rings (SSSR count). The number of ether oxygens (including phenoxy) is 1. The highest BCUT2D eigenvalue weighted by atomic mass is 16.5. The Labute approximate surface area is 207 Å². The maximum absolute atomic E-state index is 12.4. The van der Waals surface area contributed by atoms with E-state index in [0.29, 0.717) is 19.4 Å². The molecule has 0 saturated heterocycles. The minimum atomic E-state index is -1.02. The molecule has 0 spiro atoms. The summed E-state index contributed by atoms with van der Waals surface area (Å²) in [5, 5.41) is 11.9. The van der Waals surface area contributed by atoms with Gasteiger partial charge in [-0.15, -0.1) is 0 Å². The molecule has 2 N–H and O–H groups in total. The van der Waals surface area contributed by atoms with Gasteiger partial charge in [-0.3, -0.25) is 4.79 Å². The van der Waals surface area contributed by atoms with Gasteiger partial charge in [-0.2, -0.15) is 0 Å². The Bertz CT molecular complexity index is 992. The van der Waals surface area contributed by atoms with Crippen LogP contribution in [0.3, 0.4) is 0 Å². The quantitative estimate of drug-likeness (QED) is 0.444. The number of carboxylic acid groups (broad SMARTS) is 1. The number of carbonyl (C=O) groups excluding carboxylic acids is 2. The highest BCUT2D eigenvalue weighted by Gasteiger charge is 2.29. The fourth-order valence-electron chi connectivity index (χ4n) is 4.75. The molecule has 2 aromatic carbocycles. The zero-order valence-corrected chi connectivity index (χ0v) is 20.8.